The highest BCUT2D eigenvalue weighted by Gasteiger charge is 2.37. The highest BCUT2D eigenvalue weighted by Crippen LogP contribution is 2.45. The van der Waals surface area contributed by atoms with E-state index in [1.807, 2.05) is 7.05 Å². The minimum Gasteiger partial charge on any atom is -0.356 e. The molecule has 0 aromatic carbocycles. The molecule has 2 bridgehead atoms. The molecule has 4 fully saturated rings. The predicted molar refractivity (Wildman–Crippen MR) is 112 cm³/mol. The van der Waals surface area contributed by atoms with Crippen molar-refractivity contribution in [1.29, 1.82) is 0 Å². The Labute approximate surface area is 165 Å². The van der Waals surface area contributed by atoms with E-state index >= 15 is 0 Å². The fraction of sp³-hybridized carbons (Fsp3) is 0.944. The Hall–Kier alpha value is -0.0800. The summed E-state index contributed by atoms with van der Waals surface area (Å²) in [6.45, 7) is 12.9. The first-order chi connectivity index (χ1) is 11.1. The van der Waals surface area contributed by atoms with E-state index in [9.17, 15) is 0 Å². The number of nitrogens with one attached hydrogen (secondary N) is 2. The van der Waals surface area contributed by atoms with Crippen LogP contribution in [0.25, 0.3) is 0 Å². The lowest BCUT2D eigenvalue weighted by atomic mass is 9.64. The third-order valence-corrected chi connectivity index (χ3v) is 6.01. The summed E-state index contributed by atoms with van der Waals surface area (Å²) in [5, 5.41) is 7.18. The molecule has 3 saturated heterocycles. The van der Waals surface area contributed by atoms with E-state index in [1.54, 1.807) is 0 Å². The van der Waals surface area contributed by atoms with Gasteiger partial charge in [-0.3, -0.25) is 14.8 Å². The van der Waals surface area contributed by atoms with Crippen molar-refractivity contribution in [3.05, 3.63) is 0 Å². The molecule has 4 aliphatic rings. The van der Waals surface area contributed by atoms with Gasteiger partial charge in [0.05, 0.1) is 0 Å². The van der Waals surface area contributed by atoms with Crippen molar-refractivity contribution in [3.8, 4) is 0 Å². The van der Waals surface area contributed by atoms with E-state index in [2.05, 4.69) is 39.3 Å². The maximum absolute atomic E-state index is 4.44. The summed E-state index contributed by atoms with van der Waals surface area (Å²) in [6, 6.07) is 0.643. The van der Waals surface area contributed by atoms with Gasteiger partial charge < -0.3 is 10.6 Å². The van der Waals surface area contributed by atoms with Crippen LogP contribution in [0.1, 0.15) is 39.5 Å². The number of nitrogens with zero attached hydrogens (tertiary/aromatic N) is 3. The number of fused-ring (bicyclic) bond motifs is 3. The van der Waals surface area contributed by atoms with Gasteiger partial charge in [0.25, 0.3) is 0 Å². The number of aliphatic imine (C=N–C) groups is 1. The van der Waals surface area contributed by atoms with Gasteiger partial charge in [0.1, 0.15) is 0 Å². The van der Waals surface area contributed by atoms with Gasteiger partial charge in [-0.15, -0.1) is 24.0 Å². The van der Waals surface area contributed by atoms with Crippen LogP contribution in [-0.4, -0.2) is 74.7 Å². The van der Waals surface area contributed by atoms with E-state index in [4.69, 9.17) is 0 Å². The maximum atomic E-state index is 4.44. The van der Waals surface area contributed by atoms with Crippen molar-refractivity contribution < 1.29 is 0 Å². The Morgan fingerprint density at radius 2 is 1.88 bits per heavy atom. The van der Waals surface area contributed by atoms with Gasteiger partial charge in [-0.2, -0.15) is 0 Å². The Morgan fingerprint density at radius 3 is 2.33 bits per heavy atom. The molecule has 1 atom stereocenters. The molecule has 6 heteroatoms. The van der Waals surface area contributed by atoms with Crippen molar-refractivity contribution in [1.82, 2.24) is 20.4 Å². The van der Waals surface area contributed by atoms with E-state index in [-0.39, 0.29) is 24.0 Å². The minimum absolute atomic E-state index is 0. The number of rotatable bonds is 6. The van der Waals surface area contributed by atoms with Crippen LogP contribution in [0, 0.1) is 11.3 Å². The molecule has 24 heavy (non-hydrogen) atoms. The Bertz CT molecular complexity index is 414. The second-order valence-corrected chi connectivity index (χ2v) is 8.25. The van der Waals surface area contributed by atoms with Crippen molar-refractivity contribution in [2.24, 2.45) is 16.3 Å². The molecule has 1 unspecified atom stereocenters. The zero-order chi connectivity index (χ0) is 16.3. The van der Waals surface area contributed by atoms with Gasteiger partial charge >= 0.3 is 0 Å². The molecule has 0 amide bonds. The summed E-state index contributed by atoms with van der Waals surface area (Å²) < 4.78 is 0. The topological polar surface area (TPSA) is 42.9 Å². The second-order valence-electron chi connectivity index (χ2n) is 8.25. The number of piperazine rings is 3. The molecule has 0 spiro atoms. The van der Waals surface area contributed by atoms with Crippen molar-refractivity contribution in [2.75, 3.05) is 52.9 Å². The molecular weight excluding hydrogens is 413 g/mol. The van der Waals surface area contributed by atoms with Crippen LogP contribution in [0.2, 0.25) is 0 Å². The average Bonchev–Trinajstić information content (AvgIpc) is 2.53. The SMILES string of the molecule is CN=C(NCC1CN2CCN1CC2)NCC1(CC(C)C)CCC1.I. The number of halogens is 1. The smallest absolute Gasteiger partial charge is 0.191 e. The molecule has 1 saturated carbocycles. The summed E-state index contributed by atoms with van der Waals surface area (Å²) in [4.78, 5) is 9.66. The molecule has 5 nitrogen and oxygen atoms in total. The van der Waals surface area contributed by atoms with Crippen LogP contribution >= 0.6 is 24.0 Å². The molecule has 0 aromatic heterocycles. The van der Waals surface area contributed by atoms with Crippen LogP contribution in [0.3, 0.4) is 0 Å². The maximum Gasteiger partial charge on any atom is 0.191 e. The third-order valence-electron chi connectivity index (χ3n) is 6.01. The molecule has 3 heterocycles. The lowest BCUT2D eigenvalue weighted by Crippen LogP contribution is -2.64. The van der Waals surface area contributed by atoms with Crippen molar-refractivity contribution in [2.45, 2.75) is 45.6 Å². The normalized spacial score (nSPS) is 31.3. The lowest BCUT2D eigenvalue weighted by Gasteiger charge is -2.47. The van der Waals surface area contributed by atoms with Crippen LogP contribution in [0.5, 0.6) is 0 Å². The minimum atomic E-state index is 0. The highest BCUT2D eigenvalue weighted by atomic mass is 127. The molecule has 1 aliphatic carbocycles. The summed E-state index contributed by atoms with van der Waals surface area (Å²) in [6.07, 6.45) is 5.48. The zero-order valence-corrected chi connectivity index (χ0v) is 18.0. The standard InChI is InChI=1S/C18H35N5.HI/c1-15(2)11-18(5-4-6-18)14-21-17(19-3)20-12-16-13-22-7-9-23(16)10-8-22;/h15-16H,4-14H2,1-3H3,(H2,19,20,21);1H. The zero-order valence-electron chi connectivity index (χ0n) is 15.7. The van der Waals surface area contributed by atoms with Crippen LogP contribution < -0.4 is 10.6 Å². The van der Waals surface area contributed by atoms with Crippen LogP contribution in [-0.2, 0) is 0 Å². The van der Waals surface area contributed by atoms with Gasteiger partial charge in [-0.25, -0.2) is 0 Å². The summed E-state index contributed by atoms with van der Waals surface area (Å²) >= 11 is 0. The Kier molecular flexibility index (Phi) is 7.61. The number of hydrogen-bond donors (Lipinski definition) is 2. The van der Waals surface area contributed by atoms with Crippen molar-refractivity contribution in [3.63, 3.8) is 0 Å². The highest BCUT2D eigenvalue weighted by molar-refractivity contribution is 14.0. The fourth-order valence-corrected chi connectivity index (χ4v) is 4.62. The third kappa shape index (κ3) is 4.97. The first-order valence-electron chi connectivity index (χ1n) is 9.51. The first kappa shape index (κ1) is 20.2. The van der Waals surface area contributed by atoms with Gasteiger partial charge in [-0.05, 0) is 30.6 Å². The van der Waals surface area contributed by atoms with Gasteiger partial charge in [0, 0.05) is 58.9 Å². The summed E-state index contributed by atoms with van der Waals surface area (Å²) in [5.74, 6) is 1.77. The molecular formula is C18H36IN5. The molecule has 140 valence electrons. The second kappa shape index (κ2) is 9.03. The van der Waals surface area contributed by atoms with Crippen molar-refractivity contribution >= 4 is 29.9 Å². The monoisotopic (exact) mass is 449 g/mol. The van der Waals surface area contributed by atoms with E-state index in [0.717, 1.165) is 25.0 Å². The lowest BCUT2D eigenvalue weighted by molar-refractivity contribution is 0.0153. The predicted octanol–water partition coefficient (Wildman–Crippen LogP) is 1.99. The number of hydrogen-bond acceptors (Lipinski definition) is 3. The van der Waals surface area contributed by atoms with E-state index in [1.165, 1.54) is 58.4 Å². The first-order valence-corrected chi connectivity index (χ1v) is 9.51. The average molecular weight is 449 g/mol. The Balaban J connectivity index is 0.00000208. The van der Waals surface area contributed by atoms with Crippen LogP contribution in [0.15, 0.2) is 4.99 Å². The Morgan fingerprint density at radius 1 is 1.17 bits per heavy atom. The summed E-state index contributed by atoms with van der Waals surface area (Å²) in [5.41, 5.74) is 0.519. The molecule has 2 N–H and O–H groups in total. The fourth-order valence-electron chi connectivity index (χ4n) is 4.62. The number of guanidine groups is 1. The quantitative estimate of drug-likeness (QED) is 0.370. The molecule has 0 radical (unpaired) electrons. The van der Waals surface area contributed by atoms with Gasteiger partial charge in [-0.1, -0.05) is 20.3 Å². The van der Waals surface area contributed by atoms with Crippen LogP contribution in [0.4, 0.5) is 0 Å². The molecule has 4 rings (SSSR count). The van der Waals surface area contributed by atoms with Gasteiger partial charge in [0.15, 0.2) is 5.96 Å². The largest absolute Gasteiger partial charge is 0.356 e. The van der Waals surface area contributed by atoms with Gasteiger partial charge in [0.2, 0.25) is 0 Å². The molecule has 0 aromatic rings. The van der Waals surface area contributed by atoms with E-state index < -0.39 is 0 Å². The van der Waals surface area contributed by atoms with E-state index in [0.29, 0.717) is 11.5 Å². The summed E-state index contributed by atoms with van der Waals surface area (Å²) in [7, 11) is 1.89. The molecule has 3 aliphatic heterocycles.